The van der Waals surface area contributed by atoms with Gasteiger partial charge in [-0.3, -0.25) is 0 Å². The number of hydrogen-bond donors (Lipinski definition) is 0. The molecule has 0 aromatic heterocycles. The van der Waals surface area contributed by atoms with Gasteiger partial charge in [0, 0.05) is 6.10 Å². The molecule has 1 aliphatic carbocycles. The predicted octanol–water partition coefficient (Wildman–Crippen LogP) is 5.68. The molecule has 0 heterocycles. The Balaban J connectivity index is 2.55. The van der Waals surface area contributed by atoms with E-state index in [2.05, 4.69) is 46.0 Å². The Kier molecular flexibility index (Phi) is 6.13. The molecule has 0 N–H and O–H groups in total. The van der Waals surface area contributed by atoms with Crippen molar-refractivity contribution in [3.8, 4) is 0 Å². The highest BCUT2D eigenvalue weighted by Gasteiger charge is 2.38. The largest absolute Gasteiger partial charge is 0.414 e. The summed E-state index contributed by atoms with van der Waals surface area (Å²) in [6, 6.07) is 0. The average molecular weight is 269 g/mol. The van der Waals surface area contributed by atoms with Crippen LogP contribution in [-0.4, -0.2) is 14.4 Å². The second kappa shape index (κ2) is 6.90. The zero-order valence-electron chi connectivity index (χ0n) is 13.1. The Labute approximate surface area is 115 Å². The van der Waals surface area contributed by atoms with Crippen molar-refractivity contribution in [3.05, 3.63) is 12.2 Å². The number of allylic oxidation sites excluding steroid dienone is 2. The number of rotatable bonds is 2. The third-order valence-corrected chi connectivity index (χ3v) is 9.01. The topological polar surface area (TPSA) is 9.23 Å². The van der Waals surface area contributed by atoms with E-state index in [1.54, 1.807) is 0 Å². The van der Waals surface area contributed by atoms with Crippen molar-refractivity contribution in [2.45, 2.75) is 90.0 Å². The van der Waals surface area contributed by atoms with Gasteiger partial charge in [-0.1, -0.05) is 39.3 Å². The fourth-order valence-corrected chi connectivity index (χ4v) is 3.61. The van der Waals surface area contributed by atoms with Crippen LogP contribution in [-0.2, 0) is 4.43 Å². The Bertz CT molecular complexity index is 263. The molecule has 1 unspecified atom stereocenters. The molecule has 1 rings (SSSR count). The van der Waals surface area contributed by atoms with Crippen molar-refractivity contribution in [2.75, 3.05) is 0 Å². The van der Waals surface area contributed by atoms with Crippen LogP contribution in [0.25, 0.3) is 0 Å². The van der Waals surface area contributed by atoms with Gasteiger partial charge in [-0.2, -0.15) is 0 Å². The van der Waals surface area contributed by atoms with Gasteiger partial charge in [0.15, 0.2) is 8.32 Å². The fourth-order valence-electron chi connectivity index (χ4n) is 2.19. The van der Waals surface area contributed by atoms with Crippen LogP contribution < -0.4 is 0 Å². The monoisotopic (exact) mass is 268 g/mol. The molecule has 2 heteroatoms. The SMILES string of the molecule is CC(C)(C)[Si](C)(C)OC1CCCC=CCCCC1. The van der Waals surface area contributed by atoms with Gasteiger partial charge < -0.3 is 4.43 Å². The lowest BCUT2D eigenvalue weighted by Gasteiger charge is -2.39. The molecule has 1 aliphatic rings. The summed E-state index contributed by atoms with van der Waals surface area (Å²) in [6.45, 7) is 11.8. The second-order valence-corrected chi connectivity index (χ2v) is 11.9. The quantitative estimate of drug-likeness (QED) is 0.462. The van der Waals surface area contributed by atoms with Gasteiger partial charge in [0.25, 0.3) is 0 Å². The molecule has 1 nitrogen and oxygen atoms in total. The smallest absolute Gasteiger partial charge is 0.192 e. The van der Waals surface area contributed by atoms with Gasteiger partial charge >= 0.3 is 0 Å². The van der Waals surface area contributed by atoms with Crippen LogP contribution in [0.3, 0.4) is 0 Å². The van der Waals surface area contributed by atoms with Crippen LogP contribution >= 0.6 is 0 Å². The van der Waals surface area contributed by atoms with Gasteiger partial charge in [0.2, 0.25) is 0 Å². The van der Waals surface area contributed by atoms with Crippen molar-refractivity contribution < 1.29 is 4.43 Å². The number of hydrogen-bond acceptors (Lipinski definition) is 1. The molecule has 0 aromatic rings. The molecule has 0 spiro atoms. The molecule has 1 atom stereocenters. The molecule has 0 aliphatic heterocycles. The van der Waals surface area contributed by atoms with Crippen molar-refractivity contribution in [3.63, 3.8) is 0 Å². The Morgan fingerprint density at radius 1 is 0.944 bits per heavy atom. The lowest BCUT2D eigenvalue weighted by atomic mass is 10.0. The normalized spacial score (nSPS) is 23.9. The van der Waals surface area contributed by atoms with E-state index in [0.29, 0.717) is 11.1 Å². The minimum Gasteiger partial charge on any atom is -0.414 e. The van der Waals surface area contributed by atoms with Crippen LogP contribution in [0.15, 0.2) is 12.2 Å². The third kappa shape index (κ3) is 5.27. The summed E-state index contributed by atoms with van der Waals surface area (Å²) in [4.78, 5) is 0. The maximum absolute atomic E-state index is 6.59. The van der Waals surface area contributed by atoms with Crippen molar-refractivity contribution in [1.82, 2.24) is 0 Å². The van der Waals surface area contributed by atoms with E-state index in [9.17, 15) is 0 Å². The highest BCUT2D eigenvalue weighted by Crippen LogP contribution is 2.38. The van der Waals surface area contributed by atoms with Crippen molar-refractivity contribution in [2.24, 2.45) is 0 Å². The molecule has 18 heavy (non-hydrogen) atoms. The van der Waals surface area contributed by atoms with Gasteiger partial charge in [0.05, 0.1) is 0 Å². The maximum atomic E-state index is 6.59. The summed E-state index contributed by atoms with van der Waals surface area (Å²) in [7, 11) is -1.58. The van der Waals surface area contributed by atoms with Crippen molar-refractivity contribution >= 4 is 8.32 Å². The molecule has 0 aromatic carbocycles. The standard InChI is InChI=1S/C16H32OSi/c1-16(2,3)18(4,5)17-15-13-11-9-7-6-8-10-12-14-15/h6-7,15H,8-14H2,1-5H3. The first-order valence-corrected chi connectivity index (χ1v) is 10.6. The third-order valence-electron chi connectivity index (χ3n) is 4.48. The molecule has 106 valence electrons. The summed E-state index contributed by atoms with van der Waals surface area (Å²) < 4.78 is 6.59. The summed E-state index contributed by atoms with van der Waals surface area (Å²) >= 11 is 0. The second-order valence-electron chi connectivity index (χ2n) is 7.19. The minimum absolute atomic E-state index is 0.336. The maximum Gasteiger partial charge on any atom is 0.192 e. The van der Waals surface area contributed by atoms with Gasteiger partial charge in [-0.05, 0) is 56.7 Å². The van der Waals surface area contributed by atoms with E-state index in [-0.39, 0.29) is 0 Å². The lowest BCUT2D eigenvalue weighted by molar-refractivity contribution is 0.155. The summed E-state index contributed by atoms with van der Waals surface area (Å²) in [5.41, 5.74) is 0. The molecule has 0 amide bonds. The van der Waals surface area contributed by atoms with Crippen molar-refractivity contribution in [1.29, 1.82) is 0 Å². The fraction of sp³-hybridized carbons (Fsp3) is 0.875. The first kappa shape index (κ1) is 16.0. The Morgan fingerprint density at radius 3 is 2.11 bits per heavy atom. The zero-order valence-corrected chi connectivity index (χ0v) is 14.1. The van der Waals surface area contributed by atoms with E-state index in [1.807, 2.05) is 0 Å². The summed E-state index contributed by atoms with van der Waals surface area (Å²) in [6.07, 6.45) is 14.2. The van der Waals surface area contributed by atoms with E-state index < -0.39 is 8.32 Å². The molecular weight excluding hydrogens is 236 g/mol. The van der Waals surface area contributed by atoms with E-state index in [0.717, 1.165) is 0 Å². The molecule has 0 fully saturated rings. The molecule has 0 saturated carbocycles. The Morgan fingerprint density at radius 2 is 1.50 bits per heavy atom. The molecular formula is C16H32OSi. The zero-order chi connectivity index (χ0) is 13.6. The molecule has 0 bridgehead atoms. The average Bonchev–Trinajstić information content (AvgIpc) is 2.25. The molecule has 0 radical (unpaired) electrons. The first-order chi connectivity index (χ1) is 8.33. The Hall–Kier alpha value is -0.0831. The highest BCUT2D eigenvalue weighted by molar-refractivity contribution is 6.74. The molecule has 0 saturated heterocycles. The highest BCUT2D eigenvalue weighted by atomic mass is 28.4. The predicted molar refractivity (Wildman–Crippen MR) is 83.5 cm³/mol. The van der Waals surface area contributed by atoms with Crippen LogP contribution in [0.5, 0.6) is 0 Å². The van der Waals surface area contributed by atoms with Crippen LogP contribution in [0, 0.1) is 0 Å². The first-order valence-electron chi connectivity index (χ1n) is 7.66. The van der Waals surface area contributed by atoms with Crippen LogP contribution in [0.2, 0.25) is 18.1 Å². The lowest BCUT2D eigenvalue weighted by Crippen LogP contribution is -2.44. The van der Waals surface area contributed by atoms with Gasteiger partial charge in [-0.15, -0.1) is 0 Å². The van der Waals surface area contributed by atoms with E-state index >= 15 is 0 Å². The van der Waals surface area contributed by atoms with Crippen LogP contribution in [0.4, 0.5) is 0 Å². The summed E-state index contributed by atoms with van der Waals surface area (Å²) in [5, 5.41) is 0.336. The van der Waals surface area contributed by atoms with E-state index in [4.69, 9.17) is 4.43 Å². The van der Waals surface area contributed by atoms with Gasteiger partial charge in [0.1, 0.15) is 0 Å². The summed E-state index contributed by atoms with van der Waals surface area (Å²) in [5.74, 6) is 0. The van der Waals surface area contributed by atoms with Crippen LogP contribution in [0.1, 0.15) is 65.7 Å². The van der Waals surface area contributed by atoms with Gasteiger partial charge in [-0.25, -0.2) is 0 Å². The minimum atomic E-state index is -1.58. The van der Waals surface area contributed by atoms with E-state index in [1.165, 1.54) is 44.9 Å².